The van der Waals surface area contributed by atoms with E-state index in [1.54, 1.807) is 0 Å². The second kappa shape index (κ2) is 10.2. The molecule has 0 saturated carbocycles. The topological polar surface area (TPSA) is 103 Å². The predicted molar refractivity (Wildman–Crippen MR) is 29.2 cm³/mol. The van der Waals surface area contributed by atoms with Gasteiger partial charge in [0.1, 0.15) is 6.54 Å². The van der Waals surface area contributed by atoms with E-state index in [1.807, 2.05) is 6.92 Å². The first-order chi connectivity index (χ1) is 4.15. The Labute approximate surface area is 52.2 Å². The van der Waals surface area contributed by atoms with Crippen molar-refractivity contribution in [3.8, 4) is 0 Å². The van der Waals surface area contributed by atoms with Crippen LogP contribution < -0.4 is 5.48 Å². The van der Waals surface area contributed by atoms with Gasteiger partial charge in [-0.3, -0.25) is 0 Å². The quantitative estimate of drug-likeness (QED) is 0.381. The van der Waals surface area contributed by atoms with Crippen LogP contribution in [0.4, 0.5) is 0 Å². The number of quaternary nitrogens is 1. The van der Waals surface area contributed by atoms with Crippen molar-refractivity contribution in [2.24, 2.45) is 0 Å². The number of hydroxylamine groups is 1. The summed E-state index contributed by atoms with van der Waals surface area (Å²) in [5, 5.41) is 22.7. The molecule has 6 heteroatoms. The van der Waals surface area contributed by atoms with Crippen LogP contribution in [0.3, 0.4) is 0 Å². The van der Waals surface area contributed by atoms with Crippen LogP contribution in [0, 0.1) is 15.3 Å². The van der Waals surface area contributed by atoms with Crippen molar-refractivity contribution in [1.29, 1.82) is 0 Å². The number of nitrogens with zero attached hydrogens (tertiary/aromatic N) is 1. The molecule has 0 unspecified atom stereocenters. The van der Waals surface area contributed by atoms with Crippen LogP contribution in [-0.2, 0) is 0 Å². The summed E-state index contributed by atoms with van der Waals surface area (Å²) in [6, 6.07) is 0. The lowest BCUT2D eigenvalue weighted by atomic mass is 10.5. The third-order valence-corrected chi connectivity index (χ3v) is 0.418. The molecule has 0 amide bonds. The Hall–Kier alpha value is -0.880. The minimum atomic E-state index is -1.75. The number of hydrogen-bond donors (Lipinski definition) is 2. The molecule has 0 aromatic heterocycles. The smallest absolute Gasteiger partial charge is 0.105 e. The standard InChI is InChI=1S/C3H9NO.NO3/c1-2-3-4-5;2-1(3)4/h4-5H,2-3H2,1H3;/q;-1/p+1. The van der Waals surface area contributed by atoms with Crippen molar-refractivity contribution in [2.45, 2.75) is 13.3 Å². The van der Waals surface area contributed by atoms with E-state index in [0.29, 0.717) is 0 Å². The normalized spacial score (nSPS) is 7.33. The van der Waals surface area contributed by atoms with Gasteiger partial charge in [0.25, 0.3) is 0 Å². The van der Waals surface area contributed by atoms with Gasteiger partial charge >= 0.3 is 0 Å². The van der Waals surface area contributed by atoms with Crippen LogP contribution >= 0.6 is 0 Å². The van der Waals surface area contributed by atoms with Crippen molar-refractivity contribution in [3.05, 3.63) is 15.3 Å². The molecule has 0 fully saturated rings. The zero-order valence-electron chi connectivity index (χ0n) is 5.11. The number of rotatable bonds is 2. The second-order valence-electron chi connectivity index (χ2n) is 1.19. The van der Waals surface area contributed by atoms with E-state index in [4.69, 9.17) is 20.5 Å². The number of nitrogens with two attached hydrogens (primary N) is 1. The molecule has 3 N–H and O–H groups in total. The zero-order chi connectivity index (χ0) is 7.70. The summed E-state index contributed by atoms with van der Waals surface area (Å²) in [5.74, 6) is 0. The molecule has 0 aliphatic carbocycles. The minimum absolute atomic E-state index is 0.819. The Bertz CT molecular complexity index is 60.8. The highest BCUT2D eigenvalue weighted by Gasteiger charge is 1.70. The van der Waals surface area contributed by atoms with Crippen molar-refractivity contribution in [2.75, 3.05) is 6.54 Å². The molecule has 0 aromatic rings. The lowest BCUT2D eigenvalue weighted by Gasteiger charge is -1.79. The Morgan fingerprint density at radius 3 is 2.00 bits per heavy atom. The van der Waals surface area contributed by atoms with E-state index in [9.17, 15) is 0 Å². The van der Waals surface area contributed by atoms with Crippen LogP contribution in [0.2, 0.25) is 0 Å². The van der Waals surface area contributed by atoms with Crippen molar-refractivity contribution in [3.63, 3.8) is 0 Å². The number of hydrogen-bond acceptors (Lipinski definition) is 4. The van der Waals surface area contributed by atoms with Crippen LogP contribution in [0.25, 0.3) is 0 Å². The van der Waals surface area contributed by atoms with E-state index in [0.717, 1.165) is 13.0 Å². The molecule has 0 aromatic carbocycles. The van der Waals surface area contributed by atoms with Gasteiger partial charge in [0, 0.05) is 0 Å². The summed E-state index contributed by atoms with van der Waals surface area (Å²) < 4.78 is 0. The first-order valence-electron chi connectivity index (χ1n) is 2.42. The Morgan fingerprint density at radius 2 is 2.00 bits per heavy atom. The van der Waals surface area contributed by atoms with E-state index in [2.05, 4.69) is 0 Å². The maximum absolute atomic E-state index is 8.25. The Balaban J connectivity index is 0. The average Bonchev–Trinajstić information content (AvgIpc) is 1.66. The molecule has 0 atom stereocenters. The maximum Gasteiger partial charge on any atom is 0.105 e. The zero-order valence-corrected chi connectivity index (χ0v) is 5.11. The van der Waals surface area contributed by atoms with Crippen LogP contribution in [0.5, 0.6) is 0 Å². The SMILES string of the molecule is CCC[NH2+]O.O=[N+]([O-])[O-]. The van der Waals surface area contributed by atoms with Crippen molar-refractivity contribution >= 4 is 0 Å². The molecule has 0 spiro atoms. The Kier molecular flexibility index (Phi) is 12.4. The molecular weight excluding hydrogens is 128 g/mol. The first-order valence-corrected chi connectivity index (χ1v) is 2.42. The molecule has 0 radical (unpaired) electrons. The lowest BCUT2D eigenvalue weighted by molar-refractivity contribution is -0.886. The lowest BCUT2D eigenvalue weighted by Crippen LogP contribution is -2.80. The summed E-state index contributed by atoms with van der Waals surface area (Å²) in [4.78, 5) is 8.25. The fourth-order valence-electron chi connectivity index (χ4n) is 0.129. The van der Waals surface area contributed by atoms with Gasteiger partial charge in [0.15, 0.2) is 0 Å². The largest absolute Gasteiger partial charge is 0.356 e. The van der Waals surface area contributed by atoms with Crippen LogP contribution in [0.15, 0.2) is 0 Å². The first kappa shape index (κ1) is 11.0. The Morgan fingerprint density at radius 1 is 1.67 bits per heavy atom. The van der Waals surface area contributed by atoms with Gasteiger partial charge in [-0.15, -0.1) is 0 Å². The summed E-state index contributed by atoms with van der Waals surface area (Å²) >= 11 is 0. The van der Waals surface area contributed by atoms with E-state index in [1.165, 1.54) is 5.48 Å². The highest BCUT2D eigenvalue weighted by molar-refractivity contribution is 4.08. The summed E-state index contributed by atoms with van der Waals surface area (Å²) in [5.41, 5.74) is 1.18. The van der Waals surface area contributed by atoms with Gasteiger partial charge in [-0.25, -0.2) is 10.7 Å². The fourth-order valence-corrected chi connectivity index (χ4v) is 0.129. The van der Waals surface area contributed by atoms with E-state index < -0.39 is 5.09 Å². The van der Waals surface area contributed by atoms with Crippen molar-refractivity contribution in [1.82, 2.24) is 0 Å². The van der Waals surface area contributed by atoms with Crippen LogP contribution in [0.1, 0.15) is 13.3 Å². The van der Waals surface area contributed by atoms with Gasteiger partial charge in [0.2, 0.25) is 0 Å². The van der Waals surface area contributed by atoms with E-state index >= 15 is 0 Å². The molecule has 0 bridgehead atoms. The van der Waals surface area contributed by atoms with E-state index in [-0.39, 0.29) is 0 Å². The molecule has 0 rings (SSSR count). The highest BCUT2D eigenvalue weighted by Crippen LogP contribution is 1.56. The van der Waals surface area contributed by atoms with Gasteiger partial charge in [-0.1, -0.05) is 6.92 Å². The van der Waals surface area contributed by atoms with Gasteiger partial charge in [-0.2, -0.15) is 0 Å². The average molecular weight is 138 g/mol. The molecule has 0 saturated heterocycles. The van der Waals surface area contributed by atoms with Gasteiger partial charge in [-0.05, 0) is 6.42 Å². The molecular formula is C3H10N2O4. The molecule has 6 nitrogen and oxygen atoms in total. The highest BCUT2D eigenvalue weighted by atomic mass is 16.9. The van der Waals surface area contributed by atoms with Crippen LogP contribution in [-0.4, -0.2) is 16.8 Å². The fraction of sp³-hybridized carbons (Fsp3) is 1.00. The predicted octanol–water partition coefficient (Wildman–Crippen LogP) is -0.890. The molecule has 9 heavy (non-hydrogen) atoms. The summed E-state index contributed by atoms with van der Waals surface area (Å²) in [6.07, 6.45) is 1.04. The molecule has 0 heterocycles. The molecule has 0 aliphatic rings. The summed E-state index contributed by atoms with van der Waals surface area (Å²) in [6.45, 7) is 2.84. The summed E-state index contributed by atoms with van der Waals surface area (Å²) in [7, 11) is 0. The third-order valence-electron chi connectivity index (χ3n) is 0.418. The van der Waals surface area contributed by atoms with Crippen molar-refractivity contribution < 1.29 is 15.8 Å². The monoisotopic (exact) mass is 138 g/mol. The third kappa shape index (κ3) is 149. The molecule has 0 aliphatic heterocycles. The molecule has 56 valence electrons. The maximum atomic E-state index is 8.25. The minimum Gasteiger partial charge on any atom is -0.356 e. The second-order valence-corrected chi connectivity index (χ2v) is 1.19. The van der Waals surface area contributed by atoms with Gasteiger partial charge in [0.05, 0.1) is 5.09 Å². The van der Waals surface area contributed by atoms with Gasteiger partial charge < -0.3 is 15.3 Å².